The highest BCUT2D eigenvalue weighted by atomic mass is 31.1. The van der Waals surface area contributed by atoms with Crippen molar-refractivity contribution in [1.82, 2.24) is 5.32 Å². The molecule has 1 N–H and O–H groups in total. The molecular formula is C36H44NOP. The fraction of sp³-hybridized carbons (Fsp3) is 0.333. The van der Waals surface area contributed by atoms with Crippen LogP contribution in [-0.4, -0.2) is 0 Å². The molecule has 0 spiro atoms. The van der Waals surface area contributed by atoms with Gasteiger partial charge in [-0.05, 0) is 56.9 Å². The minimum atomic E-state index is -0.0433. The summed E-state index contributed by atoms with van der Waals surface area (Å²) >= 11 is 0. The Labute approximate surface area is 238 Å². The number of nitrogens with one attached hydrogen (secondary N) is 1. The Morgan fingerprint density at radius 1 is 0.692 bits per heavy atom. The van der Waals surface area contributed by atoms with Crippen LogP contribution >= 0.6 is 8.58 Å². The van der Waals surface area contributed by atoms with Crippen LogP contribution in [0.4, 0.5) is 0 Å². The van der Waals surface area contributed by atoms with Gasteiger partial charge < -0.3 is 10.1 Å². The van der Waals surface area contributed by atoms with Gasteiger partial charge in [0.15, 0.2) is 0 Å². The number of aryl methyl sites for hydroxylation is 1. The van der Waals surface area contributed by atoms with Gasteiger partial charge in [0.05, 0.1) is 0 Å². The maximum absolute atomic E-state index is 6.73. The fourth-order valence-electron chi connectivity index (χ4n) is 4.72. The molecule has 1 unspecified atom stereocenters. The van der Waals surface area contributed by atoms with Gasteiger partial charge in [0.2, 0.25) is 0 Å². The van der Waals surface area contributed by atoms with Crippen LogP contribution in [0.5, 0.6) is 5.75 Å². The third-order valence-electron chi connectivity index (χ3n) is 7.10. The van der Waals surface area contributed by atoms with E-state index in [2.05, 4.69) is 145 Å². The minimum Gasteiger partial charge on any atom is -0.488 e. The molecule has 0 aliphatic carbocycles. The van der Waals surface area contributed by atoms with E-state index in [0.29, 0.717) is 15.2 Å². The van der Waals surface area contributed by atoms with E-state index in [1.165, 1.54) is 44.0 Å². The topological polar surface area (TPSA) is 21.3 Å². The molecule has 39 heavy (non-hydrogen) atoms. The summed E-state index contributed by atoms with van der Waals surface area (Å²) in [7, 11) is 0.504. The normalized spacial score (nSPS) is 12.3. The fourth-order valence-corrected chi connectivity index (χ4v) is 6.15. The Morgan fingerprint density at radius 2 is 1.33 bits per heavy atom. The van der Waals surface area contributed by atoms with Crippen LogP contribution in [0.2, 0.25) is 0 Å². The van der Waals surface area contributed by atoms with Crippen molar-refractivity contribution in [2.24, 2.45) is 0 Å². The number of ether oxygens (including phenoxy) is 1. The third-order valence-corrected chi connectivity index (χ3v) is 8.70. The molecule has 0 aliphatic rings. The first kappa shape index (κ1) is 29.1. The third kappa shape index (κ3) is 7.81. The standard InChI is InChI=1S/C36H44NOP/c1-26-15-14-20-29(24-37-23-27-16-10-8-11-17-27)34(26)39-32-22-30(35(2,3)4)21-31(36(5,6)7)33(32)38-25-28-18-12-9-13-19-28/h8-22,37,39H,23-25H2,1-7H3. The number of rotatable bonds is 9. The summed E-state index contributed by atoms with van der Waals surface area (Å²) in [6, 6.07) is 32.6. The molecule has 3 heteroatoms. The Bertz CT molecular complexity index is 1370. The lowest BCUT2D eigenvalue weighted by atomic mass is 9.80. The SMILES string of the molecule is Cc1cccc(CNCc2ccccc2)c1Pc1cc(C(C)(C)C)cc(C(C)(C)C)c1OCc1ccccc1. The zero-order valence-electron chi connectivity index (χ0n) is 24.7. The van der Waals surface area contributed by atoms with Crippen LogP contribution in [0.1, 0.15) is 74.9 Å². The van der Waals surface area contributed by atoms with Crippen molar-refractivity contribution >= 4 is 19.2 Å². The van der Waals surface area contributed by atoms with Crippen LogP contribution in [0.3, 0.4) is 0 Å². The highest BCUT2D eigenvalue weighted by Gasteiger charge is 2.27. The van der Waals surface area contributed by atoms with Gasteiger partial charge in [-0.15, -0.1) is 0 Å². The Balaban J connectivity index is 1.73. The van der Waals surface area contributed by atoms with Crippen molar-refractivity contribution in [2.75, 3.05) is 0 Å². The van der Waals surface area contributed by atoms with Crippen LogP contribution in [-0.2, 0) is 30.5 Å². The first-order valence-corrected chi connectivity index (χ1v) is 15.0. The molecule has 0 aromatic heterocycles. The summed E-state index contributed by atoms with van der Waals surface area (Å²) in [5, 5.41) is 6.38. The van der Waals surface area contributed by atoms with Crippen molar-refractivity contribution in [1.29, 1.82) is 0 Å². The lowest BCUT2D eigenvalue weighted by Crippen LogP contribution is -2.24. The van der Waals surface area contributed by atoms with Crippen molar-refractivity contribution < 1.29 is 4.74 Å². The number of hydrogen-bond acceptors (Lipinski definition) is 2. The van der Waals surface area contributed by atoms with E-state index < -0.39 is 0 Å². The molecular weight excluding hydrogens is 493 g/mol. The van der Waals surface area contributed by atoms with Gasteiger partial charge in [-0.25, -0.2) is 0 Å². The first-order valence-electron chi connectivity index (χ1n) is 14.0. The minimum absolute atomic E-state index is 0.0433. The largest absolute Gasteiger partial charge is 0.488 e. The molecule has 0 amide bonds. The molecule has 0 fully saturated rings. The first-order chi connectivity index (χ1) is 18.5. The summed E-state index contributed by atoms with van der Waals surface area (Å²) in [4.78, 5) is 0. The van der Waals surface area contributed by atoms with Crippen molar-refractivity contribution in [3.63, 3.8) is 0 Å². The maximum atomic E-state index is 6.73. The van der Waals surface area contributed by atoms with E-state index in [4.69, 9.17) is 4.74 Å². The van der Waals surface area contributed by atoms with Gasteiger partial charge in [-0.3, -0.25) is 0 Å². The number of hydrogen-bond donors (Lipinski definition) is 1. The molecule has 1 atom stereocenters. The smallest absolute Gasteiger partial charge is 0.131 e. The molecule has 0 radical (unpaired) electrons. The summed E-state index contributed by atoms with van der Waals surface area (Å²) in [5.74, 6) is 1.05. The van der Waals surface area contributed by atoms with E-state index >= 15 is 0 Å². The second-order valence-electron chi connectivity index (χ2n) is 12.5. The lowest BCUT2D eigenvalue weighted by molar-refractivity contribution is 0.300. The van der Waals surface area contributed by atoms with Crippen LogP contribution < -0.4 is 20.7 Å². The Hall–Kier alpha value is -2.93. The molecule has 0 saturated carbocycles. The van der Waals surface area contributed by atoms with E-state index in [-0.39, 0.29) is 10.8 Å². The van der Waals surface area contributed by atoms with Crippen LogP contribution in [0.25, 0.3) is 0 Å². The molecule has 0 aliphatic heterocycles. The highest BCUT2D eigenvalue weighted by Crippen LogP contribution is 2.38. The van der Waals surface area contributed by atoms with Crippen molar-refractivity contribution in [3.05, 3.63) is 124 Å². The predicted molar refractivity (Wildman–Crippen MR) is 170 cm³/mol. The molecule has 4 aromatic carbocycles. The van der Waals surface area contributed by atoms with E-state index in [1.54, 1.807) is 0 Å². The lowest BCUT2D eigenvalue weighted by Gasteiger charge is -2.30. The molecule has 4 aromatic rings. The van der Waals surface area contributed by atoms with E-state index in [9.17, 15) is 0 Å². The van der Waals surface area contributed by atoms with Gasteiger partial charge in [0.1, 0.15) is 12.4 Å². The summed E-state index contributed by atoms with van der Waals surface area (Å²) in [5.41, 5.74) is 7.83. The van der Waals surface area contributed by atoms with Crippen LogP contribution in [0, 0.1) is 6.92 Å². The molecule has 2 nitrogen and oxygen atoms in total. The van der Waals surface area contributed by atoms with Crippen molar-refractivity contribution in [3.8, 4) is 5.75 Å². The van der Waals surface area contributed by atoms with Crippen molar-refractivity contribution in [2.45, 2.75) is 79.0 Å². The van der Waals surface area contributed by atoms with E-state index in [1.807, 2.05) is 0 Å². The van der Waals surface area contributed by atoms with E-state index in [0.717, 1.165) is 18.8 Å². The van der Waals surface area contributed by atoms with Gasteiger partial charge in [0, 0.05) is 24.0 Å². The monoisotopic (exact) mass is 537 g/mol. The maximum Gasteiger partial charge on any atom is 0.131 e. The second-order valence-corrected chi connectivity index (χ2v) is 13.8. The summed E-state index contributed by atoms with van der Waals surface area (Å²) in [6.45, 7) is 18.3. The summed E-state index contributed by atoms with van der Waals surface area (Å²) in [6.07, 6.45) is 0. The van der Waals surface area contributed by atoms with Gasteiger partial charge >= 0.3 is 0 Å². The average Bonchev–Trinajstić information content (AvgIpc) is 2.89. The molecule has 0 bridgehead atoms. The quantitative estimate of drug-likeness (QED) is 0.218. The van der Waals surface area contributed by atoms with Crippen LogP contribution in [0.15, 0.2) is 91.0 Å². The highest BCUT2D eigenvalue weighted by molar-refractivity contribution is 7.56. The number of benzene rings is 4. The average molecular weight is 538 g/mol. The Kier molecular flexibility index (Phi) is 9.31. The molecule has 204 valence electrons. The molecule has 4 rings (SSSR count). The van der Waals surface area contributed by atoms with Gasteiger partial charge in [0.25, 0.3) is 0 Å². The van der Waals surface area contributed by atoms with Gasteiger partial charge in [-0.2, -0.15) is 0 Å². The van der Waals surface area contributed by atoms with Gasteiger partial charge in [-0.1, -0.05) is 135 Å². The zero-order valence-corrected chi connectivity index (χ0v) is 25.7. The molecule has 0 saturated heterocycles. The Morgan fingerprint density at radius 3 is 1.95 bits per heavy atom. The second kappa shape index (κ2) is 12.5. The zero-order chi connectivity index (χ0) is 28.0. The summed E-state index contributed by atoms with van der Waals surface area (Å²) < 4.78 is 6.73. The molecule has 0 heterocycles. The predicted octanol–water partition coefficient (Wildman–Crippen LogP) is 8.09.